The number of nitrogens with zero attached hydrogens (tertiary/aromatic N) is 5. The lowest BCUT2D eigenvalue weighted by molar-refractivity contribution is 0.647. The molecule has 1 fully saturated rings. The molecule has 4 heterocycles. The number of aromatic nitrogens is 3. The second kappa shape index (κ2) is 8.06. The van der Waals surface area contributed by atoms with Crippen LogP contribution in [0.3, 0.4) is 0 Å². The molecule has 0 saturated carbocycles. The number of nitrogens with one attached hydrogen (secondary N) is 2. The number of aliphatic imine (C=N–C) groups is 1. The Bertz CT molecular complexity index is 997. The molecule has 0 spiro atoms. The molecule has 0 amide bonds. The van der Waals surface area contributed by atoms with Gasteiger partial charge in [0.25, 0.3) is 0 Å². The van der Waals surface area contributed by atoms with E-state index in [1.54, 1.807) is 13.2 Å². The molecule has 0 radical (unpaired) electrons. The molecule has 0 aromatic carbocycles. The summed E-state index contributed by atoms with van der Waals surface area (Å²) in [4.78, 5) is 15.6. The molecule has 146 valence electrons. The topological polar surface area (TPSA) is 69.8 Å². The van der Waals surface area contributed by atoms with Crippen LogP contribution in [0.5, 0.6) is 0 Å². The third-order valence-electron chi connectivity index (χ3n) is 4.97. The highest BCUT2D eigenvalue weighted by atomic mass is 35.5. The number of halogens is 1. The van der Waals surface area contributed by atoms with Gasteiger partial charge in [0.15, 0.2) is 5.96 Å². The van der Waals surface area contributed by atoms with Crippen LogP contribution in [-0.2, 0) is 6.54 Å². The Morgan fingerprint density at radius 3 is 3.00 bits per heavy atom. The highest BCUT2D eigenvalue weighted by Crippen LogP contribution is 2.25. The maximum Gasteiger partial charge on any atom is 0.191 e. The number of guanidine groups is 1. The van der Waals surface area contributed by atoms with Crippen molar-refractivity contribution in [3.8, 4) is 0 Å². The number of hydrogen-bond acceptors (Lipinski definition) is 4. The fraction of sp³-hybridized carbons (Fsp3) is 0.350. The highest BCUT2D eigenvalue weighted by molar-refractivity contribution is 6.32. The molecule has 1 saturated heterocycles. The van der Waals surface area contributed by atoms with E-state index in [0.717, 1.165) is 48.3 Å². The van der Waals surface area contributed by atoms with Gasteiger partial charge in [-0.3, -0.25) is 4.99 Å². The number of rotatable bonds is 4. The summed E-state index contributed by atoms with van der Waals surface area (Å²) >= 11 is 6.28. The van der Waals surface area contributed by atoms with Crippen molar-refractivity contribution in [2.45, 2.75) is 25.9 Å². The summed E-state index contributed by atoms with van der Waals surface area (Å²) in [6.07, 6.45) is 4.84. The van der Waals surface area contributed by atoms with Crippen molar-refractivity contribution in [2.75, 3.05) is 25.0 Å². The van der Waals surface area contributed by atoms with Gasteiger partial charge >= 0.3 is 0 Å². The lowest BCUT2D eigenvalue weighted by Gasteiger charge is -2.20. The smallest absolute Gasteiger partial charge is 0.191 e. The Morgan fingerprint density at radius 2 is 2.21 bits per heavy atom. The lowest BCUT2D eigenvalue weighted by atomic mass is 10.3. The van der Waals surface area contributed by atoms with E-state index in [1.165, 1.54) is 0 Å². The SMILES string of the molecule is CN=C(NCc1cn2c(C)cccc2n1)NC1CCN(c2ncccc2Cl)C1. The Balaban J connectivity index is 1.35. The summed E-state index contributed by atoms with van der Waals surface area (Å²) in [7, 11) is 1.78. The molecule has 8 heteroatoms. The van der Waals surface area contributed by atoms with E-state index >= 15 is 0 Å². The summed E-state index contributed by atoms with van der Waals surface area (Å²) in [5.41, 5.74) is 3.10. The molecule has 1 atom stereocenters. The quantitative estimate of drug-likeness (QED) is 0.523. The standard InChI is InChI=1S/C20H24ClN7/c1-14-5-3-7-18-25-16(13-28(14)18)11-24-20(22-2)26-15-8-10-27(12-15)19-17(21)6-4-9-23-19/h3-7,9,13,15H,8,10-12H2,1-2H3,(H2,22,24,26). The Morgan fingerprint density at radius 1 is 1.32 bits per heavy atom. The molecule has 0 aliphatic carbocycles. The van der Waals surface area contributed by atoms with Gasteiger partial charge < -0.3 is 19.9 Å². The van der Waals surface area contributed by atoms with Crippen LogP contribution in [0.15, 0.2) is 47.7 Å². The fourth-order valence-electron chi connectivity index (χ4n) is 3.53. The fourth-order valence-corrected chi connectivity index (χ4v) is 3.77. The van der Waals surface area contributed by atoms with E-state index in [1.807, 2.05) is 24.3 Å². The zero-order valence-corrected chi connectivity index (χ0v) is 16.8. The van der Waals surface area contributed by atoms with Crippen LogP contribution >= 0.6 is 11.6 Å². The average Bonchev–Trinajstić information content (AvgIpc) is 3.33. The van der Waals surface area contributed by atoms with Gasteiger partial charge in [-0.1, -0.05) is 17.7 Å². The predicted octanol–water partition coefficient (Wildman–Crippen LogP) is 2.64. The second-order valence-electron chi connectivity index (χ2n) is 6.94. The first-order chi connectivity index (χ1) is 13.6. The van der Waals surface area contributed by atoms with Crippen molar-refractivity contribution in [2.24, 2.45) is 4.99 Å². The van der Waals surface area contributed by atoms with Crippen LogP contribution in [0.4, 0.5) is 5.82 Å². The first kappa shape index (κ1) is 18.6. The van der Waals surface area contributed by atoms with Gasteiger partial charge in [-0.05, 0) is 37.6 Å². The molecule has 0 bridgehead atoms. The molecule has 4 rings (SSSR count). The molecule has 7 nitrogen and oxygen atoms in total. The van der Waals surface area contributed by atoms with Crippen LogP contribution in [0.25, 0.3) is 5.65 Å². The van der Waals surface area contributed by atoms with E-state index in [0.29, 0.717) is 11.6 Å². The Hall–Kier alpha value is -2.80. The summed E-state index contributed by atoms with van der Waals surface area (Å²) < 4.78 is 2.10. The van der Waals surface area contributed by atoms with Crippen molar-refractivity contribution in [1.29, 1.82) is 0 Å². The summed E-state index contributed by atoms with van der Waals surface area (Å²) in [5, 5.41) is 7.54. The van der Waals surface area contributed by atoms with Gasteiger partial charge in [-0.15, -0.1) is 0 Å². The van der Waals surface area contributed by atoms with Crippen molar-refractivity contribution < 1.29 is 0 Å². The molecular formula is C20H24ClN7. The van der Waals surface area contributed by atoms with E-state index in [9.17, 15) is 0 Å². The normalized spacial score (nSPS) is 17.3. The number of fused-ring (bicyclic) bond motifs is 1. The van der Waals surface area contributed by atoms with E-state index in [4.69, 9.17) is 11.6 Å². The van der Waals surface area contributed by atoms with Gasteiger partial charge in [0.2, 0.25) is 0 Å². The largest absolute Gasteiger partial charge is 0.353 e. The third-order valence-corrected chi connectivity index (χ3v) is 5.27. The Labute approximate surface area is 169 Å². The molecule has 1 aliphatic heterocycles. The minimum atomic E-state index is 0.285. The number of hydrogen-bond donors (Lipinski definition) is 2. The molecule has 3 aromatic rings. The predicted molar refractivity (Wildman–Crippen MR) is 113 cm³/mol. The van der Waals surface area contributed by atoms with Crippen LogP contribution in [-0.4, -0.2) is 46.5 Å². The van der Waals surface area contributed by atoms with Gasteiger partial charge in [0.05, 0.1) is 17.3 Å². The minimum Gasteiger partial charge on any atom is -0.353 e. The van der Waals surface area contributed by atoms with Crippen molar-refractivity contribution >= 4 is 29.0 Å². The highest BCUT2D eigenvalue weighted by Gasteiger charge is 2.25. The monoisotopic (exact) mass is 397 g/mol. The number of imidazole rings is 1. The van der Waals surface area contributed by atoms with E-state index < -0.39 is 0 Å². The number of pyridine rings is 2. The van der Waals surface area contributed by atoms with Crippen LogP contribution < -0.4 is 15.5 Å². The van der Waals surface area contributed by atoms with Gasteiger partial charge in [0.1, 0.15) is 11.5 Å². The molecule has 2 N–H and O–H groups in total. The first-order valence-electron chi connectivity index (χ1n) is 9.40. The zero-order valence-electron chi connectivity index (χ0n) is 16.1. The molecule has 1 unspecified atom stereocenters. The van der Waals surface area contributed by atoms with Crippen molar-refractivity contribution in [3.63, 3.8) is 0 Å². The summed E-state index contributed by atoms with van der Waals surface area (Å²) in [5.74, 6) is 1.62. The minimum absolute atomic E-state index is 0.285. The maximum absolute atomic E-state index is 6.28. The molecule has 1 aliphatic rings. The van der Waals surface area contributed by atoms with Crippen LogP contribution in [0, 0.1) is 6.92 Å². The first-order valence-corrected chi connectivity index (χ1v) is 9.78. The average molecular weight is 398 g/mol. The summed E-state index contributed by atoms with van der Waals surface area (Å²) in [6.45, 7) is 4.44. The molecule has 28 heavy (non-hydrogen) atoms. The summed E-state index contributed by atoms with van der Waals surface area (Å²) in [6, 6.07) is 10.1. The van der Waals surface area contributed by atoms with Gasteiger partial charge in [0, 0.05) is 44.3 Å². The Kier molecular flexibility index (Phi) is 5.34. The lowest BCUT2D eigenvalue weighted by Crippen LogP contribution is -2.44. The molecular weight excluding hydrogens is 374 g/mol. The maximum atomic E-state index is 6.28. The van der Waals surface area contributed by atoms with Crippen LogP contribution in [0.1, 0.15) is 17.8 Å². The van der Waals surface area contributed by atoms with Gasteiger partial charge in [-0.25, -0.2) is 9.97 Å². The van der Waals surface area contributed by atoms with Gasteiger partial charge in [-0.2, -0.15) is 0 Å². The third kappa shape index (κ3) is 3.89. The van der Waals surface area contributed by atoms with E-state index in [2.05, 4.69) is 54.1 Å². The molecule has 3 aromatic heterocycles. The number of anilines is 1. The van der Waals surface area contributed by atoms with Crippen molar-refractivity contribution in [3.05, 3.63) is 59.1 Å². The van der Waals surface area contributed by atoms with Crippen molar-refractivity contribution in [1.82, 2.24) is 25.0 Å². The zero-order chi connectivity index (χ0) is 19.5. The second-order valence-corrected chi connectivity index (χ2v) is 7.35. The van der Waals surface area contributed by atoms with Crippen LogP contribution in [0.2, 0.25) is 5.02 Å². The van der Waals surface area contributed by atoms with E-state index in [-0.39, 0.29) is 6.04 Å². The number of aryl methyl sites for hydroxylation is 1.